The van der Waals surface area contributed by atoms with Crippen molar-refractivity contribution in [2.24, 2.45) is 0 Å². The molecule has 64 valence electrons. The van der Waals surface area contributed by atoms with E-state index in [0.717, 1.165) is 0 Å². The highest BCUT2D eigenvalue weighted by molar-refractivity contribution is 7.78. The van der Waals surface area contributed by atoms with Gasteiger partial charge in [-0.3, -0.25) is 5.09 Å². The molecule has 1 N–H and O–H groups in total. The first-order chi connectivity index (χ1) is 5.06. The van der Waals surface area contributed by atoms with Crippen molar-refractivity contribution in [3.05, 3.63) is 0 Å². The van der Waals surface area contributed by atoms with Gasteiger partial charge >= 0.3 is 0 Å². The van der Waals surface area contributed by atoms with Crippen LogP contribution in [-0.4, -0.2) is 12.1 Å². The molecule has 0 radical (unpaired) electrons. The Labute approximate surface area is 73.4 Å². The molecule has 0 bridgehead atoms. The van der Waals surface area contributed by atoms with Gasteiger partial charge in [0.25, 0.3) is 0 Å². The summed E-state index contributed by atoms with van der Waals surface area (Å²) < 4.78 is 5.07. The third kappa shape index (κ3) is 6.52. The molecule has 0 saturated heterocycles. The van der Waals surface area contributed by atoms with Crippen molar-refractivity contribution in [1.29, 1.82) is 5.26 Å². The quantitative estimate of drug-likeness (QED) is 0.699. The lowest BCUT2D eigenvalue weighted by Gasteiger charge is -2.14. The zero-order chi connectivity index (χ0) is 8.85. The first-order valence-corrected chi connectivity index (χ1v) is 5.51. The number of hydrogen-bond acceptors (Lipinski definition) is 3. The molecule has 2 atom stereocenters. The van der Waals surface area contributed by atoms with E-state index in [1.807, 2.05) is 19.9 Å². The molecule has 0 aromatic rings. The summed E-state index contributed by atoms with van der Waals surface area (Å²) in [5.41, 5.74) is 0. The Kier molecular flexibility index (Phi) is 5.81. The van der Waals surface area contributed by atoms with Gasteiger partial charge in [0.2, 0.25) is 7.65 Å². The van der Waals surface area contributed by atoms with E-state index < -0.39 is 13.8 Å². The van der Waals surface area contributed by atoms with E-state index in [1.54, 1.807) is 6.92 Å². The van der Waals surface area contributed by atoms with Crippen LogP contribution in [0, 0.1) is 11.3 Å². The van der Waals surface area contributed by atoms with Crippen LogP contribution in [0.3, 0.4) is 0 Å². The summed E-state index contributed by atoms with van der Waals surface area (Å²) in [6.07, 6.45) is -0.440. The van der Waals surface area contributed by atoms with Gasteiger partial charge in [-0.25, -0.2) is 0 Å². The Balaban J connectivity index is 3.53. The molecule has 0 amide bonds. The number of halogens is 1. The van der Waals surface area contributed by atoms with Crippen LogP contribution in [0.25, 0.3) is 0 Å². The van der Waals surface area contributed by atoms with Gasteiger partial charge in [-0.2, -0.15) is 5.26 Å². The third-order valence-corrected chi connectivity index (χ3v) is 2.54. The van der Waals surface area contributed by atoms with Crippen molar-refractivity contribution in [2.75, 3.05) is 0 Å². The average molecular weight is 195 g/mol. The molecule has 3 nitrogen and oxygen atoms in total. The van der Waals surface area contributed by atoms with Gasteiger partial charge in [-0.15, -0.1) is 0 Å². The molecule has 0 heterocycles. The molecule has 0 aliphatic rings. The normalized spacial score (nSPS) is 16.0. The smallest absolute Gasteiger partial charge is 0.205 e. The van der Waals surface area contributed by atoms with Gasteiger partial charge in [-0.1, -0.05) is 0 Å². The van der Waals surface area contributed by atoms with Crippen LogP contribution in [0.4, 0.5) is 0 Å². The maximum absolute atomic E-state index is 8.37. The standard InChI is InChI=1S/C6H12ClN2OP/c1-5(2)9-11(7)10-6(3)4-8/h5-6,9H,1-3H3. The Hall–Kier alpha value is 0.130. The fraction of sp³-hybridized carbons (Fsp3) is 0.833. The predicted octanol–water partition coefficient (Wildman–Crippen LogP) is 2.38. The first kappa shape index (κ1) is 11.1. The summed E-state index contributed by atoms with van der Waals surface area (Å²) in [5.74, 6) is 0. The largest absolute Gasteiger partial charge is 0.313 e. The van der Waals surface area contributed by atoms with Crippen molar-refractivity contribution in [2.45, 2.75) is 32.9 Å². The molecular weight excluding hydrogens is 183 g/mol. The van der Waals surface area contributed by atoms with Crippen molar-refractivity contribution in [1.82, 2.24) is 5.09 Å². The van der Waals surface area contributed by atoms with Gasteiger partial charge in [0.05, 0.1) is 6.07 Å². The number of nitrogens with one attached hydrogen (secondary N) is 1. The molecule has 0 aromatic heterocycles. The van der Waals surface area contributed by atoms with E-state index >= 15 is 0 Å². The van der Waals surface area contributed by atoms with Gasteiger partial charge in [0.15, 0.2) is 0 Å². The zero-order valence-corrected chi connectivity index (χ0v) is 8.49. The van der Waals surface area contributed by atoms with Crippen LogP contribution in [0.15, 0.2) is 0 Å². The topological polar surface area (TPSA) is 45.0 Å². The molecule has 0 fully saturated rings. The number of nitriles is 1. The van der Waals surface area contributed by atoms with Crippen molar-refractivity contribution in [3.63, 3.8) is 0 Å². The van der Waals surface area contributed by atoms with Crippen molar-refractivity contribution >= 4 is 18.9 Å². The van der Waals surface area contributed by atoms with Gasteiger partial charge < -0.3 is 4.52 Å². The van der Waals surface area contributed by atoms with E-state index in [-0.39, 0.29) is 6.04 Å². The highest BCUT2D eigenvalue weighted by Gasteiger charge is 2.10. The molecule has 2 unspecified atom stereocenters. The van der Waals surface area contributed by atoms with Crippen LogP contribution in [0.5, 0.6) is 0 Å². The van der Waals surface area contributed by atoms with E-state index in [1.165, 1.54) is 0 Å². The first-order valence-electron chi connectivity index (χ1n) is 3.34. The molecule has 0 aromatic carbocycles. The monoisotopic (exact) mass is 194 g/mol. The maximum Gasteiger partial charge on any atom is 0.205 e. The van der Waals surface area contributed by atoms with E-state index in [2.05, 4.69) is 5.09 Å². The van der Waals surface area contributed by atoms with E-state index in [9.17, 15) is 0 Å². The predicted molar refractivity (Wildman–Crippen MR) is 47.2 cm³/mol. The SMILES string of the molecule is CC(C)NP(Cl)OC(C)C#N. The van der Waals surface area contributed by atoms with Crippen LogP contribution in [-0.2, 0) is 4.52 Å². The maximum atomic E-state index is 8.37. The summed E-state index contributed by atoms with van der Waals surface area (Å²) in [6.45, 7) is 5.61. The van der Waals surface area contributed by atoms with Crippen molar-refractivity contribution in [3.8, 4) is 6.07 Å². The van der Waals surface area contributed by atoms with Gasteiger partial charge in [0.1, 0.15) is 6.10 Å². The molecule has 0 spiro atoms. The Morgan fingerprint density at radius 1 is 1.55 bits per heavy atom. The van der Waals surface area contributed by atoms with Crippen LogP contribution < -0.4 is 5.09 Å². The third-order valence-electron chi connectivity index (χ3n) is 0.792. The zero-order valence-electron chi connectivity index (χ0n) is 6.84. The van der Waals surface area contributed by atoms with Crippen LogP contribution >= 0.6 is 18.9 Å². The number of nitrogens with zero attached hydrogens (tertiary/aromatic N) is 1. The van der Waals surface area contributed by atoms with Crippen LogP contribution in [0.2, 0.25) is 0 Å². The summed E-state index contributed by atoms with van der Waals surface area (Å²) >= 11 is 5.73. The van der Waals surface area contributed by atoms with E-state index in [4.69, 9.17) is 21.0 Å². The molecule has 0 aliphatic heterocycles. The second-order valence-electron chi connectivity index (χ2n) is 2.41. The minimum absolute atomic E-state index is 0.282. The van der Waals surface area contributed by atoms with Gasteiger partial charge in [0, 0.05) is 6.04 Å². The van der Waals surface area contributed by atoms with Crippen molar-refractivity contribution < 1.29 is 4.52 Å². The average Bonchev–Trinajstić information content (AvgIpc) is 1.85. The minimum atomic E-state index is -1.17. The molecule has 11 heavy (non-hydrogen) atoms. The van der Waals surface area contributed by atoms with Gasteiger partial charge in [-0.05, 0) is 32.0 Å². The second-order valence-corrected chi connectivity index (χ2v) is 4.29. The fourth-order valence-corrected chi connectivity index (χ4v) is 2.13. The summed E-state index contributed by atoms with van der Waals surface area (Å²) in [4.78, 5) is 0. The number of rotatable bonds is 4. The van der Waals surface area contributed by atoms with E-state index in [0.29, 0.717) is 0 Å². The fourth-order valence-electron chi connectivity index (χ4n) is 0.396. The Morgan fingerprint density at radius 3 is 2.45 bits per heavy atom. The lowest BCUT2D eigenvalue weighted by Crippen LogP contribution is -2.17. The summed E-state index contributed by atoms with van der Waals surface area (Å²) in [6, 6.07) is 2.22. The molecule has 5 heteroatoms. The number of hydrogen-bond donors (Lipinski definition) is 1. The summed E-state index contributed by atoms with van der Waals surface area (Å²) in [7, 11) is -1.17. The highest BCUT2D eigenvalue weighted by atomic mass is 35.7. The highest BCUT2D eigenvalue weighted by Crippen LogP contribution is 2.39. The molecule has 0 rings (SSSR count). The minimum Gasteiger partial charge on any atom is -0.313 e. The van der Waals surface area contributed by atoms with Crippen LogP contribution in [0.1, 0.15) is 20.8 Å². The molecular formula is C6H12ClN2OP. The second kappa shape index (κ2) is 5.74. The lowest BCUT2D eigenvalue weighted by atomic mass is 10.4. The lowest BCUT2D eigenvalue weighted by molar-refractivity contribution is 0.308. The molecule has 0 aliphatic carbocycles. The summed E-state index contributed by atoms with van der Waals surface area (Å²) in [5, 5.41) is 11.3. The Bertz CT molecular complexity index is 148. The Morgan fingerprint density at radius 2 is 2.09 bits per heavy atom. The molecule has 0 saturated carbocycles.